The summed E-state index contributed by atoms with van der Waals surface area (Å²) in [5.41, 5.74) is 6.87. The topological polar surface area (TPSA) is 55.1 Å². The predicted octanol–water partition coefficient (Wildman–Crippen LogP) is 2.41. The van der Waals surface area contributed by atoms with E-state index in [-0.39, 0.29) is 11.3 Å². The first kappa shape index (κ1) is 16.3. The van der Waals surface area contributed by atoms with Crippen molar-refractivity contribution in [2.45, 2.75) is 27.7 Å². The van der Waals surface area contributed by atoms with Crippen molar-refractivity contribution in [3.63, 3.8) is 0 Å². The lowest BCUT2D eigenvalue weighted by Gasteiger charge is -2.29. The van der Waals surface area contributed by atoms with Crippen LogP contribution in [-0.4, -0.2) is 19.0 Å². The molecule has 3 heteroatoms. The van der Waals surface area contributed by atoms with Crippen molar-refractivity contribution < 1.29 is 4.79 Å². The summed E-state index contributed by atoms with van der Waals surface area (Å²) in [7, 11) is 0. The van der Waals surface area contributed by atoms with Gasteiger partial charge in [-0.15, -0.1) is 0 Å². The minimum absolute atomic E-state index is 0.0601. The van der Waals surface area contributed by atoms with Crippen molar-refractivity contribution in [3.8, 4) is 11.8 Å². The van der Waals surface area contributed by atoms with Crippen LogP contribution in [0.15, 0.2) is 24.3 Å². The number of amides is 1. The monoisotopic (exact) mass is 272 g/mol. The van der Waals surface area contributed by atoms with Crippen LogP contribution in [0.25, 0.3) is 0 Å². The molecule has 3 N–H and O–H groups in total. The maximum absolute atomic E-state index is 12.2. The summed E-state index contributed by atoms with van der Waals surface area (Å²) >= 11 is 0. The van der Waals surface area contributed by atoms with Crippen LogP contribution in [0.5, 0.6) is 0 Å². The van der Waals surface area contributed by atoms with E-state index >= 15 is 0 Å². The van der Waals surface area contributed by atoms with E-state index in [0.29, 0.717) is 24.6 Å². The molecule has 0 saturated carbocycles. The smallest absolute Gasteiger partial charge is 0.251 e. The van der Waals surface area contributed by atoms with Crippen molar-refractivity contribution in [2.75, 3.05) is 13.1 Å². The maximum Gasteiger partial charge on any atom is 0.251 e. The molecule has 3 nitrogen and oxygen atoms in total. The SMILES string of the molecule is CC(C)C(C)(C)CNC(=O)c1cccc(C#CCN)c1. The van der Waals surface area contributed by atoms with Gasteiger partial charge < -0.3 is 11.1 Å². The molecule has 1 rings (SSSR count). The molecule has 0 fully saturated rings. The first-order chi connectivity index (χ1) is 9.36. The third-order valence-corrected chi connectivity index (χ3v) is 3.73. The molecule has 20 heavy (non-hydrogen) atoms. The highest BCUT2D eigenvalue weighted by molar-refractivity contribution is 5.94. The third-order valence-electron chi connectivity index (χ3n) is 3.73. The third kappa shape index (κ3) is 4.71. The molecule has 0 heterocycles. The van der Waals surface area contributed by atoms with Crippen LogP contribution < -0.4 is 11.1 Å². The normalized spacial score (nSPS) is 10.9. The van der Waals surface area contributed by atoms with E-state index in [1.165, 1.54) is 0 Å². The minimum atomic E-state index is -0.0601. The Balaban J connectivity index is 2.73. The Bertz CT molecular complexity index is 521. The zero-order valence-corrected chi connectivity index (χ0v) is 12.8. The molecule has 0 atom stereocenters. The van der Waals surface area contributed by atoms with E-state index in [1.54, 1.807) is 12.1 Å². The molecule has 1 aromatic rings. The Hall–Kier alpha value is -1.79. The summed E-state index contributed by atoms with van der Waals surface area (Å²) in [6, 6.07) is 7.30. The van der Waals surface area contributed by atoms with Crippen molar-refractivity contribution in [3.05, 3.63) is 35.4 Å². The Morgan fingerprint density at radius 3 is 2.70 bits per heavy atom. The van der Waals surface area contributed by atoms with Crippen LogP contribution in [0, 0.1) is 23.2 Å². The van der Waals surface area contributed by atoms with Gasteiger partial charge in [0.15, 0.2) is 0 Å². The van der Waals surface area contributed by atoms with Gasteiger partial charge in [-0.3, -0.25) is 4.79 Å². The Morgan fingerprint density at radius 1 is 1.40 bits per heavy atom. The Labute approximate surface area is 121 Å². The van der Waals surface area contributed by atoms with E-state index in [0.717, 1.165) is 5.56 Å². The molecule has 0 saturated heterocycles. The summed E-state index contributed by atoms with van der Waals surface area (Å²) in [6.07, 6.45) is 0. The summed E-state index contributed by atoms with van der Waals surface area (Å²) in [5.74, 6) is 6.17. The van der Waals surface area contributed by atoms with Crippen LogP contribution in [0.1, 0.15) is 43.6 Å². The molecule has 0 unspecified atom stereocenters. The van der Waals surface area contributed by atoms with Crippen molar-refractivity contribution in [1.82, 2.24) is 5.32 Å². The zero-order valence-electron chi connectivity index (χ0n) is 12.8. The molecule has 1 amide bonds. The molecule has 0 aliphatic heterocycles. The lowest BCUT2D eigenvalue weighted by atomic mass is 9.81. The second-order valence-corrected chi connectivity index (χ2v) is 5.91. The van der Waals surface area contributed by atoms with Crippen LogP contribution in [0.3, 0.4) is 0 Å². The van der Waals surface area contributed by atoms with Gasteiger partial charge in [-0.25, -0.2) is 0 Å². The van der Waals surface area contributed by atoms with Gasteiger partial charge in [0, 0.05) is 17.7 Å². The van der Waals surface area contributed by atoms with E-state index < -0.39 is 0 Å². The molecular formula is C17H24N2O. The van der Waals surface area contributed by atoms with Gasteiger partial charge in [0.05, 0.1) is 6.54 Å². The quantitative estimate of drug-likeness (QED) is 0.827. The molecule has 0 aliphatic rings. The van der Waals surface area contributed by atoms with Gasteiger partial charge in [-0.1, -0.05) is 45.6 Å². The van der Waals surface area contributed by atoms with Crippen LogP contribution in [0.4, 0.5) is 0 Å². The molecule has 0 radical (unpaired) electrons. The highest BCUT2D eigenvalue weighted by Crippen LogP contribution is 2.24. The fraction of sp³-hybridized carbons (Fsp3) is 0.471. The molecule has 0 bridgehead atoms. The zero-order chi connectivity index (χ0) is 15.2. The highest BCUT2D eigenvalue weighted by atomic mass is 16.1. The molecule has 0 aliphatic carbocycles. The fourth-order valence-corrected chi connectivity index (χ4v) is 1.51. The number of carbonyl (C=O) groups excluding carboxylic acids is 1. The summed E-state index contributed by atoms with van der Waals surface area (Å²) in [4.78, 5) is 12.2. The van der Waals surface area contributed by atoms with Gasteiger partial charge in [-0.05, 0) is 29.5 Å². The van der Waals surface area contributed by atoms with Crippen LogP contribution in [0.2, 0.25) is 0 Å². The molecular weight excluding hydrogens is 248 g/mol. The Morgan fingerprint density at radius 2 is 2.10 bits per heavy atom. The average molecular weight is 272 g/mol. The number of nitrogens with two attached hydrogens (primary N) is 1. The van der Waals surface area contributed by atoms with Crippen molar-refractivity contribution in [1.29, 1.82) is 0 Å². The first-order valence-electron chi connectivity index (χ1n) is 6.94. The standard InChI is InChI=1S/C17H24N2O/c1-13(2)17(3,4)12-19-16(20)15-9-5-7-14(11-15)8-6-10-18/h5,7,9,11,13H,10,12,18H2,1-4H3,(H,19,20). The van der Waals surface area contributed by atoms with E-state index in [4.69, 9.17) is 5.73 Å². The fourth-order valence-electron chi connectivity index (χ4n) is 1.51. The predicted molar refractivity (Wildman–Crippen MR) is 83.3 cm³/mol. The number of benzene rings is 1. The van der Waals surface area contributed by atoms with E-state index in [1.807, 2.05) is 12.1 Å². The van der Waals surface area contributed by atoms with Crippen LogP contribution >= 0.6 is 0 Å². The van der Waals surface area contributed by atoms with Gasteiger partial charge >= 0.3 is 0 Å². The summed E-state index contributed by atoms with van der Waals surface area (Å²) in [5, 5.41) is 2.99. The average Bonchev–Trinajstić information content (AvgIpc) is 2.42. The van der Waals surface area contributed by atoms with E-state index in [2.05, 4.69) is 44.9 Å². The number of hydrogen-bond acceptors (Lipinski definition) is 2. The van der Waals surface area contributed by atoms with Gasteiger partial charge in [0.2, 0.25) is 0 Å². The number of rotatable bonds is 4. The molecule has 0 spiro atoms. The lowest BCUT2D eigenvalue weighted by molar-refractivity contribution is 0.0925. The Kier molecular flexibility index (Phi) is 5.79. The van der Waals surface area contributed by atoms with Gasteiger partial charge in [0.25, 0.3) is 5.91 Å². The molecule has 1 aromatic carbocycles. The maximum atomic E-state index is 12.2. The number of carbonyl (C=O) groups is 1. The second kappa shape index (κ2) is 7.12. The first-order valence-corrected chi connectivity index (χ1v) is 6.94. The highest BCUT2D eigenvalue weighted by Gasteiger charge is 2.23. The van der Waals surface area contributed by atoms with Gasteiger partial charge in [0.1, 0.15) is 0 Å². The van der Waals surface area contributed by atoms with Crippen LogP contribution in [-0.2, 0) is 0 Å². The minimum Gasteiger partial charge on any atom is -0.351 e. The van der Waals surface area contributed by atoms with Gasteiger partial charge in [-0.2, -0.15) is 0 Å². The molecule has 0 aromatic heterocycles. The molecule has 108 valence electrons. The largest absolute Gasteiger partial charge is 0.351 e. The number of hydrogen-bond donors (Lipinski definition) is 2. The van der Waals surface area contributed by atoms with E-state index in [9.17, 15) is 4.79 Å². The summed E-state index contributed by atoms with van der Waals surface area (Å²) in [6.45, 7) is 9.60. The second-order valence-electron chi connectivity index (χ2n) is 5.91. The van der Waals surface area contributed by atoms with Crippen molar-refractivity contribution in [2.24, 2.45) is 17.1 Å². The van der Waals surface area contributed by atoms with Crippen molar-refractivity contribution >= 4 is 5.91 Å². The number of nitrogens with one attached hydrogen (secondary N) is 1. The summed E-state index contributed by atoms with van der Waals surface area (Å²) < 4.78 is 0. The lowest BCUT2D eigenvalue weighted by Crippen LogP contribution is -2.36.